The summed E-state index contributed by atoms with van der Waals surface area (Å²) in [7, 11) is 3.95. The molecule has 0 aliphatic rings. The van der Waals surface area contributed by atoms with Gasteiger partial charge in [-0.25, -0.2) is 4.79 Å². The molecule has 0 saturated heterocycles. The Morgan fingerprint density at radius 1 is 0.833 bits per heavy atom. The van der Waals surface area contributed by atoms with E-state index >= 15 is 0 Å². The van der Waals surface area contributed by atoms with Gasteiger partial charge in [0.05, 0.1) is 5.56 Å². The highest BCUT2D eigenvalue weighted by Crippen LogP contribution is 2.16. The zero-order valence-electron chi connectivity index (χ0n) is 17.3. The third-order valence-electron chi connectivity index (χ3n) is 4.75. The van der Waals surface area contributed by atoms with Crippen LogP contribution in [0.5, 0.6) is 0 Å². The van der Waals surface area contributed by atoms with E-state index in [1.807, 2.05) is 85.7 Å². The van der Waals surface area contributed by atoms with E-state index in [9.17, 15) is 9.59 Å². The van der Waals surface area contributed by atoms with E-state index in [4.69, 9.17) is 4.74 Å². The molecule has 0 bridgehead atoms. The fourth-order valence-corrected chi connectivity index (χ4v) is 3.06. The van der Waals surface area contributed by atoms with Crippen LogP contribution in [0.2, 0.25) is 0 Å². The predicted octanol–water partition coefficient (Wildman–Crippen LogP) is 3.82. The van der Waals surface area contributed by atoms with Gasteiger partial charge in [0.15, 0.2) is 6.61 Å². The van der Waals surface area contributed by atoms with Crippen LogP contribution in [0.25, 0.3) is 0 Å². The van der Waals surface area contributed by atoms with E-state index in [0.29, 0.717) is 18.5 Å². The standard InChI is InChI=1S/C25H26N2O3/c1-27(2)22-14-12-20(13-15-22)17-26-24(28)18-30-25(29)23-11-7-6-10-21(23)16-19-8-4-3-5-9-19/h3-15H,16-18H2,1-2H3,(H,26,28). The van der Waals surface area contributed by atoms with E-state index < -0.39 is 5.97 Å². The van der Waals surface area contributed by atoms with Crippen LogP contribution in [-0.4, -0.2) is 32.6 Å². The molecule has 0 fully saturated rings. The first-order valence-electron chi connectivity index (χ1n) is 9.85. The molecule has 0 aliphatic heterocycles. The van der Waals surface area contributed by atoms with Crippen LogP contribution in [-0.2, 0) is 22.5 Å². The van der Waals surface area contributed by atoms with Crippen LogP contribution in [0.15, 0.2) is 78.9 Å². The van der Waals surface area contributed by atoms with Crippen molar-refractivity contribution in [2.75, 3.05) is 25.6 Å². The molecule has 0 heterocycles. The molecule has 3 aromatic rings. The number of amides is 1. The van der Waals surface area contributed by atoms with Gasteiger partial charge in [0, 0.05) is 26.3 Å². The lowest BCUT2D eigenvalue weighted by Crippen LogP contribution is -2.28. The first-order chi connectivity index (χ1) is 14.5. The highest BCUT2D eigenvalue weighted by Gasteiger charge is 2.14. The number of benzene rings is 3. The average molecular weight is 402 g/mol. The SMILES string of the molecule is CN(C)c1ccc(CNC(=O)COC(=O)c2ccccc2Cc2ccccc2)cc1. The number of hydrogen-bond donors (Lipinski definition) is 1. The number of carbonyl (C=O) groups is 2. The zero-order chi connectivity index (χ0) is 21.3. The Labute approximate surface area is 177 Å². The zero-order valence-corrected chi connectivity index (χ0v) is 17.3. The van der Waals surface area contributed by atoms with Crippen LogP contribution in [0, 0.1) is 0 Å². The van der Waals surface area contributed by atoms with Crippen molar-refractivity contribution in [3.8, 4) is 0 Å². The summed E-state index contributed by atoms with van der Waals surface area (Å²) in [5.41, 5.74) is 4.53. The molecule has 1 amide bonds. The van der Waals surface area contributed by atoms with Crippen LogP contribution in [0.3, 0.4) is 0 Å². The number of esters is 1. The van der Waals surface area contributed by atoms with Gasteiger partial charge in [-0.1, -0.05) is 60.7 Å². The lowest BCUT2D eigenvalue weighted by Gasteiger charge is -2.13. The number of anilines is 1. The second kappa shape index (κ2) is 10.3. The van der Waals surface area contributed by atoms with Crippen molar-refractivity contribution in [1.82, 2.24) is 5.32 Å². The fourth-order valence-electron chi connectivity index (χ4n) is 3.06. The van der Waals surface area contributed by atoms with Crippen LogP contribution >= 0.6 is 0 Å². The highest BCUT2D eigenvalue weighted by molar-refractivity contribution is 5.92. The topological polar surface area (TPSA) is 58.6 Å². The van der Waals surface area contributed by atoms with Gasteiger partial charge in [-0.3, -0.25) is 4.79 Å². The third-order valence-corrected chi connectivity index (χ3v) is 4.75. The minimum absolute atomic E-state index is 0.311. The van der Waals surface area contributed by atoms with Gasteiger partial charge in [0.2, 0.25) is 0 Å². The normalized spacial score (nSPS) is 10.3. The Bertz CT molecular complexity index is 983. The Balaban J connectivity index is 1.52. The number of ether oxygens (including phenoxy) is 1. The smallest absolute Gasteiger partial charge is 0.338 e. The summed E-state index contributed by atoms with van der Waals surface area (Å²) < 4.78 is 5.25. The van der Waals surface area contributed by atoms with Crippen molar-refractivity contribution < 1.29 is 14.3 Å². The summed E-state index contributed by atoms with van der Waals surface area (Å²) in [6.45, 7) is 0.0724. The maximum Gasteiger partial charge on any atom is 0.338 e. The molecule has 0 spiro atoms. The number of nitrogens with one attached hydrogen (secondary N) is 1. The molecule has 5 nitrogen and oxygen atoms in total. The molecule has 0 saturated carbocycles. The van der Waals surface area contributed by atoms with Crippen LogP contribution in [0.1, 0.15) is 27.0 Å². The summed E-state index contributed by atoms with van der Waals surface area (Å²) in [6, 6.07) is 25.1. The molecule has 0 radical (unpaired) electrons. The first kappa shape index (κ1) is 21.1. The molecule has 3 aromatic carbocycles. The number of hydrogen-bond acceptors (Lipinski definition) is 4. The third kappa shape index (κ3) is 5.95. The molecule has 0 atom stereocenters. The van der Waals surface area contributed by atoms with Gasteiger partial charge in [-0.05, 0) is 41.3 Å². The lowest BCUT2D eigenvalue weighted by molar-refractivity contribution is -0.124. The second-order valence-electron chi connectivity index (χ2n) is 7.23. The molecule has 154 valence electrons. The Hall–Kier alpha value is -3.60. The Kier molecular flexibility index (Phi) is 7.22. The molecule has 3 rings (SSSR count). The number of rotatable bonds is 8. The monoisotopic (exact) mass is 402 g/mol. The molecule has 0 unspecified atom stereocenters. The second-order valence-corrected chi connectivity index (χ2v) is 7.23. The average Bonchev–Trinajstić information content (AvgIpc) is 2.77. The van der Waals surface area contributed by atoms with Crippen LogP contribution < -0.4 is 10.2 Å². The Morgan fingerprint density at radius 3 is 2.20 bits per heavy atom. The maximum absolute atomic E-state index is 12.5. The predicted molar refractivity (Wildman–Crippen MR) is 119 cm³/mol. The molecular formula is C25H26N2O3. The molecule has 0 aliphatic carbocycles. The summed E-state index contributed by atoms with van der Waals surface area (Å²) in [6.07, 6.45) is 0.626. The van der Waals surface area contributed by atoms with Crippen molar-refractivity contribution in [2.45, 2.75) is 13.0 Å². The molecule has 1 N–H and O–H groups in total. The van der Waals surface area contributed by atoms with Crippen molar-refractivity contribution in [3.63, 3.8) is 0 Å². The van der Waals surface area contributed by atoms with Crippen molar-refractivity contribution in [3.05, 3.63) is 101 Å². The van der Waals surface area contributed by atoms with E-state index in [0.717, 1.165) is 22.4 Å². The summed E-state index contributed by atoms with van der Waals surface area (Å²) in [4.78, 5) is 26.6. The first-order valence-corrected chi connectivity index (χ1v) is 9.85. The van der Waals surface area contributed by atoms with Crippen molar-refractivity contribution in [1.29, 1.82) is 0 Å². The van der Waals surface area contributed by atoms with Gasteiger partial charge in [-0.15, -0.1) is 0 Å². The molecule has 30 heavy (non-hydrogen) atoms. The van der Waals surface area contributed by atoms with Gasteiger partial charge >= 0.3 is 5.97 Å². The summed E-state index contributed by atoms with van der Waals surface area (Å²) in [5.74, 6) is -0.826. The Morgan fingerprint density at radius 2 is 1.50 bits per heavy atom. The lowest BCUT2D eigenvalue weighted by atomic mass is 10.00. The molecule has 0 aromatic heterocycles. The number of nitrogens with zero attached hydrogens (tertiary/aromatic N) is 1. The molecular weight excluding hydrogens is 376 g/mol. The molecule has 5 heteroatoms. The van der Waals surface area contributed by atoms with Crippen molar-refractivity contribution >= 4 is 17.6 Å². The number of carbonyl (C=O) groups excluding carboxylic acids is 2. The van der Waals surface area contributed by atoms with Gasteiger partial charge in [0.25, 0.3) is 5.91 Å². The van der Waals surface area contributed by atoms with E-state index in [1.54, 1.807) is 12.1 Å². The van der Waals surface area contributed by atoms with Gasteiger partial charge in [0.1, 0.15) is 0 Å². The quantitative estimate of drug-likeness (QED) is 0.582. The van der Waals surface area contributed by atoms with Crippen molar-refractivity contribution in [2.24, 2.45) is 0 Å². The highest BCUT2D eigenvalue weighted by atomic mass is 16.5. The summed E-state index contributed by atoms with van der Waals surface area (Å²) in [5, 5.41) is 2.78. The summed E-state index contributed by atoms with van der Waals surface area (Å²) >= 11 is 0. The fraction of sp³-hybridized carbons (Fsp3) is 0.200. The van der Waals surface area contributed by atoms with E-state index in [-0.39, 0.29) is 12.5 Å². The minimum atomic E-state index is -0.494. The van der Waals surface area contributed by atoms with Crippen LogP contribution in [0.4, 0.5) is 5.69 Å². The van der Waals surface area contributed by atoms with E-state index in [1.165, 1.54) is 0 Å². The minimum Gasteiger partial charge on any atom is -0.452 e. The largest absolute Gasteiger partial charge is 0.452 e. The van der Waals surface area contributed by atoms with Gasteiger partial charge in [-0.2, -0.15) is 0 Å². The van der Waals surface area contributed by atoms with Gasteiger partial charge < -0.3 is 15.0 Å². The maximum atomic E-state index is 12.5. The van der Waals surface area contributed by atoms with E-state index in [2.05, 4.69) is 5.32 Å².